The van der Waals surface area contributed by atoms with Gasteiger partial charge in [-0.25, -0.2) is 8.78 Å². The highest BCUT2D eigenvalue weighted by atomic mass is 19.2. The fraction of sp³-hybridized carbons (Fsp3) is 0.600. The summed E-state index contributed by atoms with van der Waals surface area (Å²) in [7, 11) is 3.76. The van der Waals surface area contributed by atoms with E-state index in [-0.39, 0.29) is 11.5 Å². The summed E-state index contributed by atoms with van der Waals surface area (Å²) in [5.41, 5.74) is 0.552. The molecule has 108 valence electrons. The van der Waals surface area contributed by atoms with E-state index in [0.29, 0.717) is 12.1 Å². The number of halogens is 2. The molecule has 0 saturated carbocycles. The minimum absolute atomic E-state index is 0.174. The first kappa shape index (κ1) is 16.1. The molecule has 1 N–H and O–H groups in total. The van der Waals surface area contributed by atoms with Gasteiger partial charge in [0.05, 0.1) is 0 Å². The average molecular weight is 270 g/mol. The van der Waals surface area contributed by atoms with Crippen molar-refractivity contribution >= 4 is 0 Å². The molecule has 1 aromatic carbocycles. The Balaban J connectivity index is 2.81. The molecule has 0 aromatic heterocycles. The molecule has 0 saturated heterocycles. The fourth-order valence-corrected chi connectivity index (χ4v) is 2.32. The second kappa shape index (κ2) is 6.44. The third kappa shape index (κ3) is 4.88. The van der Waals surface area contributed by atoms with Gasteiger partial charge < -0.3 is 10.2 Å². The number of rotatable bonds is 5. The Morgan fingerprint density at radius 1 is 1.26 bits per heavy atom. The van der Waals surface area contributed by atoms with E-state index in [0.717, 1.165) is 12.6 Å². The van der Waals surface area contributed by atoms with Crippen LogP contribution >= 0.6 is 0 Å². The van der Waals surface area contributed by atoms with Gasteiger partial charge in [0.25, 0.3) is 0 Å². The summed E-state index contributed by atoms with van der Waals surface area (Å²) >= 11 is 0. The first-order valence-electron chi connectivity index (χ1n) is 6.54. The van der Waals surface area contributed by atoms with E-state index in [1.54, 1.807) is 19.2 Å². The molecule has 2 nitrogen and oxygen atoms in total. The molecule has 0 aliphatic carbocycles. The number of nitrogens with zero attached hydrogens (tertiary/aromatic N) is 1. The van der Waals surface area contributed by atoms with Gasteiger partial charge in [-0.2, -0.15) is 0 Å². The normalized spacial score (nSPS) is 13.9. The third-order valence-electron chi connectivity index (χ3n) is 2.94. The molecule has 1 aromatic rings. The molecular formula is C15H24F2N2. The molecule has 0 fully saturated rings. The quantitative estimate of drug-likeness (QED) is 0.884. The molecule has 0 spiro atoms. The number of likely N-dealkylation sites (N-methyl/N-ethyl adjacent to an activating group) is 2. The van der Waals surface area contributed by atoms with Crippen LogP contribution in [-0.4, -0.2) is 32.1 Å². The zero-order valence-electron chi connectivity index (χ0n) is 12.4. The zero-order valence-corrected chi connectivity index (χ0v) is 12.4. The van der Waals surface area contributed by atoms with Crippen LogP contribution in [0.5, 0.6) is 0 Å². The summed E-state index contributed by atoms with van der Waals surface area (Å²) in [6, 6.07) is 4.10. The van der Waals surface area contributed by atoms with Crippen molar-refractivity contribution in [2.24, 2.45) is 5.41 Å². The molecule has 19 heavy (non-hydrogen) atoms. The fourth-order valence-electron chi connectivity index (χ4n) is 2.32. The van der Waals surface area contributed by atoms with Crippen LogP contribution < -0.4 is 5.32 Å². The monoisotopic (exact) mass is 270 g/mol. The lowest BCUT2D eigenvalue weighted by Gasteiger charge is -2.30. The number of hydrogen-bond acceptors (Lipinski definition) is 2. The highest BCUT2D eigenvalue weighted by Gasteiger charge is 2.20. The maximum Gasteiger partial charge on any atom is 0.163 e. The van der Waals surface area contributed by atoms with Gasteiger partial charge in [-0.3, -0.25) is 0 Å². The second-order valence-electron chi connectivity index (χ2n) is 6.24. The molecule has 1 unspecified atom stereocenters. The Labute approximate surface area is 114 Å². The standard InChI is InChI=1S/C15H24F2N2/c1-15(2,3)10-19(5)9-13(18-4)11-7-6-8-12(16)14(11)17/h6-8,13,18H,9-10H2,1-5H3. The van der Waals surface area contributed by atoms with E-state index in [1.807, 2.05) is 7.05 Å². The van der Waals surface area contributed by atoms with Gasteiger partial charge in [0.2, 0.25) is 0 Å². The Kier molecular flexibility index (Phi) is 5.44. The van der Waals surface area contributed by atoms with Crippen LogP contribution in [0, 0.1) is 17.0 Å². The zero-order chi connectivity index (χ0) is 14.6. The highest BCUT2D eigenvalue weighted by molar-refractivity contribution is 5.22. The van der Waals surface area contributed by atoms with E-state index in [1.165, 1.54) is 0 Å². The number of benzene rings is 1. The Morgan fingerprint density at radius 2 is 1.89 bits per heavy atom. The molecule has 0 amide bonds. The Hall–Kier alpha value is -1.00. The van der Waals surface area contributed by atoms with Gasteiger partial charge in [-0.05, 0) is 25.6 Å². The van der Waals surface area contributed by atoms with Crippen LogP contribution in [0.2, 0.25) is 0 Å². The largest absolute Gasteiger partial charge is 0.312 e. The maximum absolute atomic E-state index is 13.8. The minimum Gasteiger partial charge on any atom is -0.312 e. The van der Waals surface area contributed by atoms with Gasteiger partial charge in [0.1, 0.15) is 0 Å². The van der Waals surface area contributed by atoms with Crippen LogP contribution in [-0.2, 0) is 0 Å². The molecule has 1 rings (SSSR count). The number of nitrogens with one attached hydrogen (secondary N) is 1. The maximum atomic E-state index is 13.8. The van der Waals surface area contributed by atoms with E-state index >= 15 is 0 Å². The summed E-state index contributed by atoms with van der Waals surface area (Å²) in [5.74, 6) is -1.55. The van der Waals surface area contributed by atoms with Crippen molar-refractivity contribution in [2.45, 2.75) is 26.8 Å². The predicted molar refractivity (Wildman–Crippen MR) is 75.1 cm³/mol. The molecule has 0 radical (unpaired) electrons. The third-order valence-corrected chi connectivity index (χ3v) is 2.94. The predicted octanol–water partition coefficient (Wildman–Crippen LogP) is 3.20. The Morgan fingerprint density at radius 3 is 2.42 bits per heavy atom. The van der Waals surface area contributed by atoms with Crippen molar-refractivity contribution in [1.82, 2.24) is 10.2 Å². The van der Waals surface area contributed by atoms with Gasteiger partial charge in [-0.15, -0.1) is 0 Å². The van der Waals surface area contributed by atoms with Crippen LogP contribution in [0.3, 0.4) is 0 Å². The van der Waals surface area contributed by atoms with Crippen molar-refractivity contribution in [3.8, 4) is 0 Å². The van der Waals surface area contributed by atoms with Gasteiger partial charge >= 0.3 is 0 Å². The summed E-state index contributed by atoms with van der Waals surface area (Å²) < 4.78 is 27.1. The average Bonchev–Trinajstić information content (AvgIpc) is 2.27. The molecule has 0 aliphatic rings. The van der Waals surface area contributed by atoms with Crippen molar-refractivity contribution < 1.29 is 8.78 Å². The smallest absolute Gasteiger partial charge is 0.163 e. The first-order chi connectivity index (χ1) is 8.74. The minimum atomic E-state index is -0.795. The second-order valence-corrected chi connectivity index (χ2v) is 6.24. The van der Waals surface area contributed by atoms with Crippen LogP contribution in [0.1, 0.15) is 32.4 Å². The van der Waals surface area contributed by atoms with Crippen molar-refractivity contribution in [3.63, 3.8) is 0 Å². The molecule has 4 heteroatoms. The van der Waals surface area contributed by atoms with Gasteiger partial charge in [0, 0.05) is 24.7 Å². The van der Waals surface area contributed by atoms with E-state index in [2.05, 4.69) is 31.0 Å². The van der Waals surface area contributed by atoms with Crippen molar-refractivity contribution in [3.05, 3.63) is 35.4 Å². The number of hydrogen-bond donors (Lipinski definition) is 1. The lowest BCUT2D eigenvalue weighted by Crippen LogP contribution is -2.36. The molecule has 1 atom stereocenters. The molecular weight excluding hydrogens is 246 g/mol. The van der Waals surface area contributed by atoms with E-state index < -0.39 is 11.6 Å². The van der Waals surface area contributed by atoms with Crippen LogP contribution in [0.4, 0.5) is 8.78 Å². The summed E-state index contributed by atoms with van der Waals surface area (Å²) in [5, 5.41) is 3.05. The lowest BCUT2D eigenvalue weighted by atomic mass is 9.95. The lowest BCUT2D eigenvalue weighted by molar-refractivity contribution is 0.209. The topological polar surface area (TPSA) is 15.3 Å². The van der Waals surface area contributed by atoms with Gasteiger partial charge in [-0.1, -0.05) is 32.9 Å². The molecule has 0 aliphatic heterocycles. The SMILES string of the molecule is CNC(CN(C)CC(C)(C)C)c1cccc(F)c1F. The summed E-state index contributed by atoms with van der Waals surface area (Å²) in [4.78, 5) is 2.13. The van der Waals surface area contributed by atoms with E-state index in [9.17, 15) is 8.78 Å². The molecule has 0 bridgehead atoms. The summed E-state index contributed by atoms with van der Waals surface area (Å²) in [6.45, 7) is 7.98. The molecule has 0 heterocycles. The highest BCUT2D eigenvalue weighted by Crippen LogP contribution is 2.21. The Bertz CT molecular complexity index is 413. The van der Waals surface area contributed by atoms with E-state index in [4.69, 9.17) is 0 Å². The van der Waals surface area contributed by atoms with Crippen LogP contribution in [0.25, 0.3) is 0 Å². The summed E-state index contributed by atoms with van der Waals surface area (Å²) in [6.07, 6.45) is 0. The van der Waals surface area contributed by atoms with Crippen LogP contribution in [0.15, 0.2) is 18.2 Å². The van der Waals surface area contributed by atoms with Gasteiger partial charge in [0.15, 0.2) is 11.6 Å². The van der Waals surface area contributed by atoms with Crippen molar-refractivity contribution in [2.75, 3.05) is 27.2 Å². The van der Waals surface area contributed by atoms with Crippen molar-refractivity contribution in [1.29, 1.82) is 0 Å². The first-order valence-corrected chi connectivity index (χ1v) is 6.54.